The number of halogens is 3. The zero-order valence-electron chi connectivity index (χ0n) is 9.25. The van der Waals surface area contributed by atoms with Gasteiger partial charge >= 0.3 is 0 Å². The van der Waals surface area contributed by atoms with Gasteiger partial charge in [-0.1, -0.05) is 34.8 Å². The number of hydrogen-bond donors (Lipinski definition) is 1. The van der Waals surface area contributed by atoms with Crippen LogP contribution < -0.4 is 10.5 Å². The molecule has 18 heavy (non-hydrogen) atoms. The molecule has 2 aromatic rings. The van der Waals surface area contributed by atoms with E-state index in [0.29, 0.717) is 27.1 Å². The van der Waals surface area contributed by atoms with Crippen LogP contribution in [-0.4, -0.2) is 17.1 Å². The number of nitrogens with zero attached hydrogens (tertiary/aromatic N) is 2. The van der Waals surface area contributed by atoms with Crippen molar-refractivity contribution in [2.24, 2.45) is 0 Å². The molecule has 0 aliphatic carbocycles. The van der Waals surface area contributed by atoms with Gasteiger partial charge in [-0.05, 0) is 12.1 Å². The van der Waals surface area contributed by atoms with Crippen molar-refractivity contribution in [2.45, 2.75) is 0 Å². The molecular weight excluding hydrogens is 296 g/mol. The van der Waals surface area contributed by atoms with Crippen molar-refractivity contribution in [3.8, 4) is 17.0 Å². The molecule has 1 heterocycles. The summed E-state index contributed by atoms with van der Waals surface area (Å²) in [6.07, 6.45) is 0. The Morgan fingerprint density at radius 1 is 1.11 bits per heavy atom. The number of methoxy groups -OCH3 is 1. The Morgan fingerprint density at radius 3 is 2.44 bits per heavy atom. The average molecular weight is 305 g/mol. The van der Waals surface area contributed by atoms with Gasteiger partial charge in [-0.25, -0.2) is 9.97 Å². The van der Waals surface area contributed by atoms with Crippen molar-refractivity contribution in [1.29, 1.82) is 0 Å². The molecule has 0 aliphatic heterocycles. The molecule has 4 nitrogen and oxygen atoms in total. The lowest BCUT2D eigenvalue weighted by atomic mass is 10.1. The summed E-state index contributed by atoms with van der Waals surface area (Å²) >= 11 is 17.9. The Labute approximate surface area is 119 Å². The first-order valence-electron chi connectivity index (χ1n) is 4.84. The number of nitrogens with two attached hydrogens (primary N) is 1. The molecule has 0 radical (unpaired) electrons. The number of nitrogen functional groups attached to an aromatic ring is 1. The summed E-state index contributed by atoms with van der Waals surface area (Å²) < 4.78 is 5.23. The predicted octanol–water partition coefficient (Wildman–Crippen LogP) is 3.69. The van der Waals surface area contributed by atoms with E-state index < -0.39 is 0 Å². The molecule has 7 heteroatoms. The van der Waals surface area contributed by atoms with Gasteiger partial charge < -0.3 is 10.5 Å². The maximum absolute atomic E-state index is 6.14. The first-order chi connectivity index (χ1) is 8.51. The molecule has 0 unspecified atom stereocenters. The van der Waals surface area contributed by atoms with Crippen LogP contribution in [-0.2, 0) is 0 Å². The van der Waals surface area contributed by atoms with E-state index in [0.717, 1.165) is 0 Å². The second-order valence-corrected chi connectivity index (χ2v) is 4.63. The fourth-order valence-corrected chi connectivity index (χ4v) is 2.28. The van der Waals surface area contributed by atoms with Gasteiger partial charge in [-0.15, -0.1) is 0 Å². The fourth-order valence-electron chi connectivity index (χ4n) is 1.52. The lowest BCUT2D eigenvalue weighted by molar-refractivity contribution is 0.416. The second-order valence-electron chi connectivity index (χ2n) is 3.40. The third-order valence-corrected chi connectivity index (χ3v) is 2.92. The first kappa shape index (κ1) is 13.2. The van der Waals surface area contributed by atoms with Crippen LogP contribution >= 0.6 is 34.8 Å². The monoisotopic (exact) mass is 303 g/mol. The van der Waals surface area contributed by atoms with Gasteiger partial charge in [0, 0.05) is 11.1 Å². The molecule has 1 aromatic carbocycles. The largest absolute Gasteiger partial charge is 0.496 e. The molecule has 0 fully saturated rings. The van der Waals surface area contributed by atoms with Crippen LogP contribution in [0, 0.1) is 0 Å². The summed E-state index contributed by atoms with van der Waals surface area (Å²) in [6, 6.07) is 4.78. The molecule has 1 aromatic heterocycles. The number of anilines is 1. The van der Waals surface area contributed by atoms with Crippen LogP contribution in [0.2, 0.25) is 15.2 Å². The van der Waals surface area contributed by atoms with E-state index in [1.54, 1.807) is 18.2 Å². The number of ether oxygens (including phenoxy) is 1. The standard InChI is InChI=1S/C11H8Cl3N3O/c1-18-8-3-5(12)2-6(13)10(8)7-4-9(14)17-11(15)16-7/h2-4H,1H3,(H2,15,16,17). The Bertz CT molecular complexity index is 584. The van der Waals surface area contributed by atoms with Crippen molar-refractivity contribution in [3.05, 3.63) is 33.4 Å². The number of aromatic nitrogens is 2. The zero-order chi connectivity index (χ0) is 13.3. The second kappa shape index (κ2) is 5.18. The number of rotatable bonds is 2. The lowest BCUT2D eigenvalue weighted by Gasteiger charge is -2.11. The highest BCUT2D eigenvalue weighted by molar-refractivity contribution is 6.37. The molecule has 0 spiro atoms. The van der Waals surface area contributed by atoms with Gasteiger partial charge in [0.1, 0.15) is 10.9 Å². The minimum absolute atomic E-state index is 0.0607. The quantitative estimate of drug-likeness (QED) is 0.859. The smallest absolute Gasteiger partial charge is 0.221 e. The SMILES string of the molecule is COc1cc(Cl)cc(Cl)c1-c1cc(Cl)nc(N)n1. The highest BCUT2D eigenvalue weighted by Crippen LogP contribution is 2.38. The molecule has 2 rings (SSSR count). The van der Waals surface area contributed by atoms with Crippen LogP contribution in [0.1, 0.15) is 0 Å². The molecule has 0 atom stereocenters. The molecule has 0 amide bonds. The maximum Gasteiger partial charge on any atom is 0.221 e. The van der Waals surface area contributed by atoms with Gasteiger partial charge in [0.15, 0.2) is 0 Å². The number of benzene rings is 1. The summed E-state index contributed by atoms with van der Waals surface area (Å²) in [5.74, 6) is 0.548. The Morgan fingerprint density at radius 2 is 1.83 bits per heavy atom. The van der Waals surface area contributed by atoms with Crippen molar-refractivity contribution in [3.63, 3.8) is 0 Å². The summed E-state index contributed by atoms with van der Waals surface area (Å²) in [4.78, 5) is 7.86. The van der Waals surface area contributed by atoms with Gasteiger partial charge in [0.25, 0.3) is 0 Å². The van der Waals surface area contributed by atoms with E-state index in [2.05, 4.69) is 9.97 Å². The third-order valence-electron chi connectivity index (χ3n) is 2.21. The molecule has 0 aliphatic rings. The summed E-state index contributed by atoms with van der Waals surface area (Å²) in [7, 11) is 1.51. The van der Waals surface area contributed by atoms with Crippen LogP contribution in [0.15, 0.2) is 18.2 Å². The lowest BCUT2D eigenvalue weighted by Crippen LogP contribution is -1.98. The summed E-state index contributed by atoms with van der Waals surface area (Å²) in [5.41, 5.74) is 6.60. The van der Waals surface area contributed by atoms with Crippen LogP contribution in [0.4, 0.5) is 5.95 Å². The van der Waals surface area contributed by atoms with Gasteiger partial charge in [0.2, 0.25) is 5.95 Å². The van der Waals surface area contributed by atoms with Crippen molar-refractivity contribution in [1.82, 2.24) is 9.97 Å². The minimum Gasteiger partial charge on any atom is -0.496 e. The van der Waals surface area contributed by atoms with E-state index in [4.69, 9.17) is 45.3 Å². The van der Waals surface area contributed by atoms with Crippen LogP contribution in [0.5, 0.6) is 5.75 Å². The Kier molecular flexibility index (Phi) is 3.80. The fraction of sp³-hybridized carbons (Fsp3) is 0.0909. The topological polar surface area (TPSA) is 61.0 Å². The van der Waals surface area contributed by atoms with Gasteiger partial charge in [-0.2, -0.15) is 0 Å². The predicted molar refractivity (Wildman–Crippen MR) is 73.5 cm³/mol. The zero-order valence-corrected chi connectivity index (χ0v) is 11.5. The summed E-state index contributed by atoms with van der Waals surface area (Å²) in [6.45, 7) is 0. The third kappa shape index (κ3) is 2.61. The van der Waals surface area contributed by atoms with Crippen LogP contribution in [0.3, 0.4) is 0 Å². The molecule has 2 N–H and O–H groups in total. The van der Waals surface area contributed by atoms with E-state index in [1.165, 1.54) is 7.11 Å². The van der Waals surface area contributed by atoms with Crippen molar-refractivity contribution >= 4 is 40.8 Å². The number of hydrogen-bond acceptors (Lipinski definition) is 4. The Balaban J connectivity index is 2.69. The van der Waals surface area contributed by atoms with Gasteiger partial charge in [-0.3, -0.25) is 0 Å². The normalized spacial score (nSPS) is 10.4. The molecule has 0 saturated heterocycles. The first-order valence-corrected chi connectivity index (χ1v) is 5.98. The van der Waals surface area contributed by atoms with E-state index in [9.17, 15) is 0 Å². The summed E-state index contributed by atoms with van der Waals surface area (Å²) in [5, 5.41) is 1.09. The molecule has 0 bridgehead atoms. The van der Waals surface area contributed by atoms with Crippen molar-refractivity contribution in [2.75, 3.05) is 12.8 Å². The van der Waals surface area contributed by atoms with Crippen molar-refractivity contribution < 1.29 is 4.74 Å². The van der Waals surface area contributed by atoms with Crippen LogP contribution in [0.25, 0.3) is 11.3 Å². The molecular formula is C11H8Cl3N3O. The Hall–Kier alpha value is -1.23. The molecule has 0 saturated carbocycles. The van der Waals surface area contributed by atoms with E-state index in [-0.39, 0.29) is 11.1 Å². The minimum atomic E-state index is 0.0607. The van der Waals surface area contributed by atoms with E-state index >= 15 is 0 Å². The highest BCUT2D eigenvalue weighted by Gasteiger charge is 2.15. The highest BCUT2D eigenvalue weighted by atomic mass is 35.5. The van der Waals surface area contributed by atoms with Gasteiger partial charge in [0.05, 0.1) is 23.4 Å². The molecule has 94 valence electrons. The van der Waals surface area contributed by atoms with E-state index in [1.807, 2.05) is 0 Å². The average Bonchev–Trinajstić information content (AvgIpc) is 2.26. The maximum atomic E-state index is 6.14.